The molecular weight excluding hydrogens is 218 g/mol. The predicted molar refractivity (Wildman–Crippen MR) is 64.7 cm³/mol. The molecule has 96 valence electrons. The van der Waals surface area contributed by atoms with Crippen LogP contribution >= 0.6 is 0 Å². The molecule has 0 bridgehead atoms. The van der Waals surface area contributed by atoms with Gasteiger partial charge in [-0.3, -0.25) is 4.79 Å². The molecule has 1 rings (SSSR count). The standard InChI is InChI=1S/C12H21N3O2/c1-5-8-15-9(4)13-14-11(15)10(6-2)12(16)17-7-3/h10H,5-8H2,1-4H3. The summed E-state index contributed by atoms with van der Waals surface area (Å²) in [6.45, 7) is 9.01. The molecule has 0 saturated carbocycles. The van der Waals surface area contributed by atoms with Gasteiger partial charge in [0.2, 0.25) is 0 Å². The number of nitrogens with zero attached hydrogens (tertiary/aromatic N) is 3. The number of carbonyl (C=O) groups excluding carboxylic acids is 1. The zero-order chi connectivity index (χ0) is 12.8. The van der Waals surface area contributed by atoms with Gasteiger partial charge in [-0.2, -0.15) is 0 Å². The Morgan fingerprint density at radius 1 is 1.35 bits per heavy atom. The minimum absolute atomic E-state index is 0.209. The van der Waals surface area contributed by atoms with Crippen molar-refractivity contribution in [2.45, 2.75) is 53.0 Å². The first-order valence-electron chi connectivity index (χ1n) is 6.21. The maximum Gasteiger partial charge on any atom is 0.316 e. The van der Waals surface area contributed by atoms with Crippen molar-refractivity contribution in [1.29, 1.82) is 0 Å². The summed E-state index contributed by atoms with van der Waals surface area (Å²) in [5.41, 5.74) is 0. The topological polar surface area (TPSA) is 57.0 Å². The van der Waals surface area contributed by atoms with E-state index in [2.05, 4.69) is 17.1 Å². The molecule has 1 aromatic heterocycles. The highest BCUT2D eigenvalue weighted by Gasteiger charge is 2.26. The summed E-state index contributed by atoms with van der Waals surface area (Å²) in [4.78, 5) is 11.8. The summed E-state index contributed by atoms with van der Waals surface area (Å²) in [6.07, 6.45) is 1.67. The molecule has 0 aliphatic heterocycles. The first-order valence-corrected chi connectivity index (χ1v) is 6.21. The van der Waals surface area contributed by atoms with Crippen molar-refractivity contribution in [1.82, 2.24) is 14.8 Å². The van der Waals surface area contributed by atoms with Crippen LogP contribution < -0.4 is 0 Å². The van der Waals surface area contributed by atoms with Crippen molar-refractivity contribution < 1.29 is 9.53 Å². The van der Waals surface area contributed by atoms with E-state index in [1.54, 1.807) is 0 Å². The Balaban J connectivity index is 2.98. The van der Waals surface area contributed by atoms with Crippen LogP contribution in [-0.2, 0) is 16.1 Å². The van der Waals surface area contributed by atoms with Gasteiger partial charge in [0.1, 0.15) is 17.6 Å². The summed E-state index contributed by atoms with van der Waals surface area (Å²) in [7, 11) is 0. The molecule has 0 amide bonds. The zero-order valence-electron chi connectivity index (χ0n) is 11.1. The van der Waals surface area contributed by atoms with Gasteiger partial charge in [0, 0.05) is 6.54 Å². The second-order valence-electron chi connectivity index (χ2n) is 3.97. The number of ether oxygens (including phenoxy) is 1. The molecule has 1 atom stereocenters. The quantitative estimate of drug-likeness (QED) is 0.713. The Labute approximate surface area is 102 Å². The monoisotopic (exact) mass is 239 g/mol. The van der Waals surface area contributed by atoms with Crippen LogP contribution in [0.2, 0.25) is 0 Å². The van der Waals surface area contributed by atoms with Gasteiger partial charge in [-0.1, -0.05) is 13.8 Å². The fourth-order valence-electron chi connectivity index (χ4n) is 1.85. The molecular formula is C12H21N3O2. The molecule has 0 spiro atoms. The van der Waals surface area contributed by atoms with Crippen LogP contribution in [0.3, 0.4) is 0 Å². The number of hydrogen-bond donors (Lipinski definition) is 0. The number of hydrogen-bond acceptors (Lipinski definition) is 4. The molecule has 5 nitrogen and oxygen atoms in total. The third-order valence-corrected chi connectivity index (χ3v) is 2.70. The Bertz CT molecular complexity index is 374. The van der Waals surface area contributed by atoms with E-state index in [1.807, 2.05) is 25.3 Å². The number of aromatic nitrogens is 3. The largest absolute Gasteiger partial charge is 0.465 e. The molecule has 0 aliphatic carbocycles. The molecule has 5 heteroatoms. The molecule has 17 heavy (non-hydrogen) atoms. The number of carbonyl (C=O) groups is 1. The van der Waals surface area contributed by atoms with Gasteiger partial charge < -0.3 is 9.30 Å². The van der Waals surface area contributed by atoms with E-state index < -0.39 is 0 Å². The normalized spacial score (nSPS) is 12.5. The highest BCUT2D eigenvalue weighted by molar-refractivity contribution is 5.77. The van der Waals surface area contributed by atoms with Crippen molar-refractivity contribution in [2.24, 2.45) is 0 Å². The summed E-state index contributed by atoms with van der Waals surface area (Å²) in [5, 5.41) is 8.17. The average molecular weight is 239 g/mol. The van der Waals surface area contributed by atoms with E-state index in [0.29, 0.717) is 13.0 Å². The molecule has 1 aromatic rings. The van der Waals surface area contributed by atoms with E-state index in [-0.39, 0.29) is 11.9 Å². The van der Waals surface area contributed by atoms with Crippen molar-refractivity contribution >= 4 is 5.97 Å². The summed E-state index contributed by atoms with van der Waals surface area (Å²) in [5.74, 6) is 1.07. The van der Waals surface area contributed by atoms with Crippen LogP contribution in [0.4, 0.5) is 0 Å². The van der Waals surface area contributed by atoms with E-state index in [0.717, 1.165) is 24.6 Å². The van der Waals surface area contributed by atoms with Crippen molar-refractivity contribution in [3.8, 4) is 0 Å². The van der Waals surface area contributed by atoms with Gasteiger partial charge in [-0.05, 0) is 26.7 Å². The van der Waals surface area contributed by atoms with Crippen LogP contribution in [0.15, 0.2) is 0 Å². The molecule has 0 radical (unpaired) electrons. The van der Waals surface area contributed by atoms with Crippen LogP contribution in [0.1, 0.15) is 51.2 Å². The van der Waals surface area contributed by atoms with Gasteiger partial charge in [0.15, 0.2) is 0 Å². The second kappa shape index (κ2) is 6.37. The number of esters is 1. The molecule has 0 fully saturated rings. The zero-order valence-corrected chi connectivity index (χ0v) is 11.1. The fourth-order valence-corrected chi connectivity index (χ4v) is 1.85. The molecule has 0 aliphatic rings. The van der Waals surface area contributed by atoms with E-state index in [9.17, 15) is 4.79 Å². The lowest BCUT2D eigenvalue weighted by Crippen LogP contribution is -2.20. The van der Waals surface area contributed by atoms with Gasteiger partial charge in [0.05, 0.1) is 6.61 Å². The maximum atomic E-state index is 11.8. The minimum Gasteiger partial charge on any atom is -0.465 e. The third kappa shape index (κ3) is 3.05. The van der Waals surface area contributed by atoms with Gasteiger partial charge in [-0.15, -0.1) is 10.2 Å². The third-order valence-electron chi connectivity index (χ3n) is 2.70. The lowest BCUT2D eigenvalue weighted by Gasteiger charge is -2.14. The smallest absolute Gasteiger partial charge is 0.316 e. The summed E-state index contributed by atoms with van der Waals surface area (Å²) < 4.78 is 7.08. The summed E-state index contributed by atoms with van der Waals surface area (Å²) >= 11 is 0. The van der Waals surface area contributed by atoms with Crippen molar-refractivity contribution in [2.75, 3.05) is 6.61 Å². The van der Waals surface area contributed by atoms with Gasteiger partial charge >= 0.3 is 5.97 Å². The highest BCUT2D eigenvalue weighted by atomic mass is 16.5. The molecule has 0 aromatic carbocycles. The number of rotatable bonds is 6. The Morgan fingerprint density at radius 3 is 2.59 bits per heavy atom. The number of aryl methyl sites for hydroxylation is 1. The van der Waals surface area contributed by atoms with Crippen molar-refractivity contribution in [3.63, 3.8) is 0 Å². The Hall–Kier alpha value is -1.39. The minimum atomic E-state index is -0.303. The van der Waals surface area contributed by atoms with E-state index >= 15 is 0 Å². The second-order valence-corrected chi connectivity index (χ2v) is 3.97. The predicted octanol–water partition coefficient (Wildman–Crippen LogP) is 2.05. The molecule has 0 saturated heterocycles. The van der Waals surface area contributed by atoms with Crippen LogP contribution in [0.5, 0.6) is 0 Å². The Morgan fingerprint density at radius 2 is 2.06 bits per heavy atom. The fraction of sp³-hybridized carbons (Fsp3) is 0.750. The van der Waals surface area contributed by atoms with Gasteiger partial charge in [-0.25, -0.2) is 0 Å². The van der Waals surface area contributed by atoms with E-state index in [1.165, 1.54) is 0 Å². The highest BCUT2D eigenvalue weighted by Crippen LogP contribution is 2.20. The van der Waals surface area contributed by atoms with Crippen molar-refractivity contribution in [3.05, 3.63) is 11.6 Å². The SMILES string of the molecule is CCCn1c(C)nnc1C(CC)C(=O)OCC. The maximum absolute atomic E-state index is 11.8. The lowest BCUT2D eigenvalue weighted by molar-refractivity contribution is -0.145. The first kappa shape index (κ1) is 13.7. The Kier molecular flexibility index (Phi) is 5.12. The van der Waals surface area contributed by atoms with Gasteiger partial charge in [0.25, 0.3) is 0 Å². The van der Waals surface area contributed by atoms with E-state index in [4.69, 9.17) is 4.74 Å². The summed E-state index contributed by atoms with van der Waals surface area (Å²) in [6, 6.07) is 0. The lowest BCUT2D eigenvalue weighted by atomic mass is 10.1. The average Bonchev–Trinajstić information content (AvgIpc) is 2.64. The van der Waals surface area contributed by atoms with Crippen LogP contribution in [-0.4, -0.2) is 27.3 Å². The molecule has 0 N–H and O–H groups in total. The van der Waals surface area contributed by atoms with Crippen LogP contribution in [0.25, 0.3) is 0 Å². The molecule has 1 unspecified atom stereocenters. The first-order chi connectivity index (χ1) is 8.15. The molecule has 1 heterocycles. The van der Waals surface area contributed by atoms with Crippen LogP contribution in [0, 0.1) is 6.92 Å².